The van der Waals surface area contributed by atoms with Crippen molar-refractivity contribution in [2.75, 3.05) is 0 Å². The Balaban J connectivity index is 2.84. The summed E-state index contributed by atoms with van der Waals surface area (Å²) in [6, 6.07) is 0. The minimum atomic E-state index is -5.46. The van der Waals surface area contributed by atoms with E-state index in [9.17, 15) is 45.5 Å². The zero-order valence-corrected chi connectivity index (χ0v) is 14.9. The summed E-state index contributed by atoms with van der Waals surface area (Å²) in [6.07, 6.45) is -10.4. The number of alkyl halides is 6. The third-order valence-electron chi connectivity index (χ3n) is 4.76. The second kappa shape index (κ2) is 6.29. The molecule has 29 heavy (non-hydrogen) atoms. The van der Waals surface area contributed by atoms with E-state index in [2.05, 4.69) is 0 Å². The zero-order valence-electron chi connectivity index (χ0n) is 14.9. The van der Waals surface area contributed by atoms with Crippen molar-refractivity contribution in [2.45, 2.75) is 38.7 Å². The van der Waals surface area contributed by atoms with Gasteiger partial charge < -0.3 is 0 Å². The number of benzene rings is 1. The average Bonchev–Trinajstić information content (AvgIpc) is 2.96. The maximum absolute atomic E-state index is 13.8. The molecular weight excluding hydrogens is 410 g/mol. The molecule has 0 amide bonds. The summed E-state index contributed by atoms with van der Waals surface area (Å²) in [7, 11) is 0.716. The molecule has 6 nitrogen and oxygen atoms in total. The molecule has 3 rings (SSSR count). The van der Waals surface area contributed by atoms with Crippen LogP contribution < -0.4 is 22.2 Å². The molecule has 0 aliphatic heterocycles. The van der Waals surface area contributed by atoms with Gasteiger partial charge in [-0.25, -0.2) is 0 Å². The lowest BCUT2D eigenvalue weighted by Crippen LogP contribution is -2.26. The van der Waals surface area contributed by atoms with Crippen LogP contribution in [-0.2, 0) is 25.9 Å². The van der Waals surface area contributed by atoms with Gasteiger partial charge in [-0.15, -0.1) is 0 Å². The van der Waals surface area contributed by atoms with Gasteiger partial charge in [0, 0.05) is 13.6 Å². The van der Waals surface area contributed by atoms with Crippen molar-refractivity contribution >= 4 is 21.5 Å². The van der Waals surface area contributed by atoms with Gasteiger partial charge in [0.05, 0.1) is 32.7 Å². The average molecular weight is 422 g/mol. The normalized spacial score (nSPS) is 13.1. The van der Waals surface area contributed by atoms with E-state index in [4.69, 9.17) is 0 Å². The first kappa shape index (κ1) is 20.8. The third-order valence-corrected chi connectivity index (χ3v) is 4.76. The first-order valence-electron chi connectivity index (χ1n) is 8.32. The highest BCUT2D eigenvalue weighted by Gasteiger charge is 2.46. The van der Waals surface area contributed by atoms with Crippen molar-refractivity contribution in [3.8, 4) is 0 Å². The maximum atomic E-state index is 13.8. The Labute approximate surface area is 156 Å². The number of rotatable bonds is 3. The first-order chi connectivity index (χ1) is 13.2. The second-order valence-corrected chi connectivity index (χ2v) is 6.53. The van der Waals surface area contributed by atoms with Gasteiger partial charge in [0.25, 0.3) is 22.2 Å². The van der Waals surface area contributed by atoms with Crippen molar-refractivity contribution in [1.82, 2.24) is 9.13 Å². The SMILES string of the molecule is CCCCn1c(=O)c2c(C(F)(F)F)c3c(=O)n(C)c(=O)c3c(C(F)(F)F)c2c1=O. The Kier molecular flexibility index (Phi) is 4.51. The van der Waals surface area contributed by atoms with Gasteiger partial charge in [0.2, 0.25) is 0 Å². The van der Waals surface area contributed by atoms with E-state index in [-0.39, 0.29) is 15.6 Å². The fourth-order valence-corrected chi connectivity index (χ4v) is 3.48. The Morgan fingerprint density at radius 3 is 1.34 bits per heavy atom. The predicted octanol–water partition coefficient (Wildman–Crippen LogP) is 2.29. The van der Waals surface area contributed by atoms with E-state index in [1.165, 1.54) is 0 Å². The molecule has 0 atom stereocenters. The molecule has 0 unspecified atom stereocenters. The second-order valence-electron chi connectivity index (χ2n) is 6.53. The van der Waals surface area contributed by atoms with Gasteiger partial charge in [-0.1, -0.05) is 13.3 Å². The molecule has 0 fully saturated rings. The molecule has 0 spiro atoms. The van der Waals surface area contributed by atoms with Crippen LogP contribution in [0.4, 0.5) is 26.3 Å². The fourth-order valence-electron chi connectivity index (χ4n) is 3.48. The van der Waals surface area contributed by atoms with Crippen LogP contribution in [0.5, 0.6) is 0 Å². The molecular formula is C17H12F6N2O4. The largest absolute Gasteiger partial charge is 0.418 e. The minimum absolute atomic E-state index is 0.0914. The van der Waals surface area contributed by atoms with Crippen LogP contribution in [0.2, 0.25) is 0 Å². The monoisotopic (exact) mass is 422 g/mol. The molecule has 0 aliphatic rings. The molecule has 0 saturated heterocycles. The molecule has 0 aliphatic carbocycles. The van der Waals surface area contributed by atoms with E-state index in [1.54, 1.807) is 6.92 Å². The Bertz CT molecular complexity index is 1250. The van der Waals surface area contributed by atoms with E-state index < -0.39 is 73.8 Å². The molecule has 0 saturated carbocycles. The van der Waals surface area contributed by atoms with Crippen molar-refractivity contribution in [2.24, 2.45) is 7.05 Å². The third kappa shape index (κ3) is 2.80. The summed E-state index contributed by atoms with van der Waals surface area (Å²) in [4.78, 5) is 49.6. The van der Waals surface area contributed by atoms with Gasteiger partial charge >= 0.3 is 12.4 Å². The van der Waals surface area contributed by atoms with Gasteiger partial charge in [-0.05, 0) is 6.42 Å². The van der Waals surface area contributed by atoms with E-state index in [0.717, 1.165) is 0 Å². The van der Waals surface area contributed by atoms with Crippen LogP contribution in [0, 0.1) is 0 Å². The Morgan fingerprint density at radius 1 is 0.690 bits per heavy atom. The summed E-state index contributed by atoms with van der Waals surface area (Å²) < 4.78 is 83.1. The van der Waals surface area contributed by atoms with Crippen molar-refractivity contribution < 1.29 is 26.3 Å². The molecule has 0 bridgehead atoms. The lowest BCUT2D eigenvalue weighted by atomic mass is 9.96. The number of hydrogen-bond acceptors (Lipinski definition) is 4. The lowest BCUT2D eigenvalue weighted by molar-refractivity contribution is -0.137. The summed E-state index contributed by atoms with van der Waals surface area (Å²) in [5.74, 6) is 0. The fraction of sp³-hybridized carbons (Fsp3) is 0.412. The van der Waals surface area contributed by atoms with Crippen LogP contribution >= 0.6 is 0 Å². The van der Waals surface area contributed by atoms with Crippen molar-refractivity contribution in [1.29, 1.82) is 0 Å². The van der Waals surface area contributed by atoms with Crippen LogP contribution in [0.1, 0.15) is 30.9 Å². The predicted molar refractivity (Wildman–Crippen MR) is 90.8 cm³/mol. The number of hydrogen-bond donors (Lipinski definition) is 0. The standard InChI is InChI=1S/C17H12F6N2O4/c1-3-4-5-25-14(28)8-9(15(25)29)11(17(21,22)23)7-6(10(8)16(18,19)20)12(26)24(2)13(7)27/h3-5H2,1-2H3. The molecule has 2 aromatic heterocycles. The van der Waals surface area contributed by atoms with E-state index >= 15 is 0 Å². The first-order valence-corrected chi connectivity index (χ1v) is 8.32. The minimum Gasteiger partial charge on any atom is -0.277 e. The molecule has 0 radical (unpaired) electrons. The number of unbranched alkanes of at least 4 members (excludes halogenated alkanes) is 1. The summed E-state index contributed by atoms with van der Waals surface area (Å²) >= 11 is 0. The maximum Gasteiger partial charge on any atom is 0.418 e. The quantitative estimate of drug-likeness (QED) is 0.607. The summed E-state index contributed by atoms with van der Waals surface area (Å²) in [5, 5.41) is -6.20. The molecule has 12 heteroatoms. The molecule has 1 aromatic carbocycles. The van der Waals surface area contributed by atoms with Gasteiger partial charge in [0.1, 0.15) is 0 Å². The highest BCUT2D eigenvalue weighted by Crippen LogP contribution is 2.43. The molecule has 2 heterocycles. The van der Waals surface area contributed by atoms with Gasteiger partial charge in [0.15, 0.2) is 0 Å². The summed E-state index contributed by atoms with van der Waals surface area (Å²) in [5.41, 5.74) is -10.4. The lowest BCUT2D eigenvalue weighted by Gasteiger charge is -2.13. The Morgan fingerprint density at radius 2 is 1.03 bits per heavy atom. The van der Waals surface area contributed by atoms with Crippen molar-refractivity contribution in [3.63, 3.8) is 0 Å². The van der Waals surface area contributed by atoms with Crippen LogP contribution in [-0.4, -0.2) is 9.13 Å². The number of halogens is 6. The summed E-state index contributed by atoms with van der Waals surface area (Å²) in [6.45, 7) is 1.24. The highest BCUT2D eigenvalue weighted by atomic mass is 19.4. The van der Waals surface area contributed by atoms with Crippen LogP contribution in [0.15, 0.2) is 19.2 Å². The smallest absolute Gasteiger partial charge is 0.277 e. The topological polar surface area (TPSA) is 78.1 Å². The number of fused-ring (bicyclic) bond motifs is 2. The number of nitrogens with zero attached hydrogens (tertiary/aromatic N) is 2. The highest BCUT2D eigenvalue weighted by molar-refractivity contribution is 6.06. The van der Waals surface area contributed by atoms with E-state index in [0.29, 0.717) is 13.5 Å². The van der Waals surface area contributed by atoms with Crippen LogP contribution in [0.25, 0.3) is 21.5 Å². The number of aromatic nitrogens is 2. The zero-order chi connectivity index (χ0) is 22.0. The van der Waals surface area contributed by atoms with Gasteiger partial charge in [-0.2, -0.15) is 26.3 Å². The van der Waals surface area contributed by atoms with Gasteiger partial charge in [-0.3, -0.25) is 28.3 Å². The Hall–Kier alpha value is -2.92. The molecule has 156 valence electrons. The molecule has 0 N–H and O–H groups in total. The van der Waals surface area contributed by atoms with E-state index in [1.807, 2.05) is 0 Å². The van der Waals surface area contributed by atoms with Crippen molar-refractivity contribution in [3.05, 3.63) is 52.5 Å². The van der Waals surface area contributed by atoms with Crippen LogP contribution in [0.3, 0.4) is 0 Å². The molecule has 3 aromatic rings.